The third-order valence-electron chi connectivity index (χ3n) is 15.1. The summed E-state index contributed by atoms with van der Waals surface area (Å²) in [6, 6.07) is 91.9. The molecule has 0 bridgehead atoms. The van der Waals surface area contributed by atoms with Crippen molar-refractivity contribution in [3.8, 4) is 51.6 Å². The van der Waals surface area contributed by atoms with E-state index in [2.05, 4.69) is 255 Å². The second kappa shape index (κ2) is 21.0. The van der Waals surface area contributed by atoms with Crippen molar-refractivity contribution in [2.24, 2.45) is 0 Å². The van der Waals surface area contributed by atoms with E-state index in [1.165, 1.54) is 0 Å². The number of hydrogen-bond donors (Lipinski definition) is 1. The van der Waals surface area contributed by atoms with Crippen molar-refractivity contribution in [3.63, 3.8) is 0 Å². The Hall–Kier alpha value is -10.2. The van der Waals surface area contributed by atoms with Crippen LogP contribution >= 0.6 is 31.9 Å². The zero-order valence-corrected chi connectivity index (χ0v) is 47.5. The van der Waals surface area contributed by atoms with Gasteiger partial charge in [-0.05, 0) is 164 Å². The van der Waals surface area contributed by atoms with Crippen LogP contribution in [-0.4, -0.2) is 13.7 Å². The van der Waals surface area contributed by atoms with Gasteiger partial charge >= 0.3 is 0 Å². The molecule has 0 unspecified atom stereocenters. The Labute approximate surface area is 495 Å². The number of halogens is 2. The van der Waals surface area contributed by atoms with Crippen LogP contribution in [0.5, 0.6) is 34.5 Å². The molecule has 3 aliphatic heterocycles. The highest BCUT2D eigenvalue weighted by atomic mass is 79.9. The van der Waals surface area contributed by atoms with Crippen LogP contribution in [0.4, 0.5) is 45.5 Å². The van der Waals surface area contributed by atoms with E-state index >= 15 is 0 Å². The first-order valence-corrected chi connectivity index (χ1v) is 28.8. The van der Waals surface area contributed by atoms with Crippen LogP contribution < -0.4 is 29.3 Å². The summed E-state index contributed by atoms with van der Waals surface area (Å²) in [5.74, 6) is 4.98. The van der Waals surface area contributed by atoms with Gasteiger partial charge in [-0.1, -0.05) is 135 Å². The van der Waals surface area contributed by atoms with Gasteiger partial charge in [-0.3, -0.25) is 0 Å². The average molecular weight is 1210 g/mol. The van der Waals surface area contributed by atoms with E-state index in [0.29, 0.717) is 0 Å². The number of nitrogens with one attached hydrogen (secondary N) is 1. The first-order valence-electron chi connectivity index (χ1n) is 27.2. The van der Waals surface area contributed by atoms with Crippen LogP contribution in [0.3, 0.4) is 0 Å². The minimum Gasteiger partial charge on any atom is -0.453 e. The second-order valence-electron chi connectivity index (χ2n) is 20.2. The molecule has 6 heterocycles. The normalized spacial score (nSPS) is 12.3. The summed E-state index contributed by atoms with van der Waals surface area (Å²) in [5.41, 5.74) is 14.7. The first-order chi connectivity index (χ1) is 40.9. The molecule has 0 radical (unpaired) electrons. The summed E-state index contributed by atoms with van der Waals surface area (Å²) >= 11 is 6.66. The molecule has 11 aromatic carbocycles. The molecule has 0 atom stereocenters. The van der Waals surface area contributed by atoms with E-state index in [1.54, 1.807) is 0 Å². The minimum absolute atomic E-state index is 0.813. The lowest BCUT2D eigenvalue weighted by molar-refractivity contribution is 0.477. The Balaban J connectivity index is 0.000000155. The molecule has 14 aromatic rings. The fraction of sp³-hybridized carbons (Fsp3) is 0. The van der Waals surface area contributed by atoms with Gasteiger partial charge in [0.25, 0.3) is 0 Å². The molecule has 0 spiro atoms. The highest BCUT2D eigenvalue weighted by Gasteiger charge is 2.31. The van der Waals surface area contributed by atoms with Gasteiger partial charge in [-0.2, -0.15) is 0 Å². The van der Waals surface area contributed by atoms with Crippen molar-refractivity contribution in [1.82, 2.24) is 13.7 Å². The quantitative estimate of drug-likeness (QED) is 0.185. The number of ether oxygens (including phenoxy) is 3. The maximum atomic E-state index is 6.59. The summed E-state index contributed by atoms with van der Waals surface area (Å²) in [7, 11) is 0. The highest BCUT2D eigenvalue weighted by molar-refractivity contribution is 9.11. The number of para-hydroxylation sites is 9. The third kappa shape index (κ3) is 9.31. The van der Waals surface area contributed by atoms with E-state index in [9.17, 15) is 0 Å². The van der Waals surface area contributed by atoms with Gasteiger partial charge in [0, 0.05) is 72.1 Å². The van der Waals surface area contributed by atoms with Crippen LogP contribution in [0.1, 0.15) is 0 Å². The SMILES string of the molecule is Brc1cccc(Br)c1.c1ccc(-n2ccc3cc4c(cc32)N(c2cccc(N3c5ccccc5Oc5cc6ccn(-c7ccccc7)c6cc53)c2)c2ccccc2O4)cc1.c1ccc(-n2ccc3cc4c(cc32)Nc2ccccc2O4)cc1. The third-order valence-corrected chi connectivity index (χ3v) is 16.1. The van der Waals surface area contributed by atoms with Crippen LogP contribution in [0.25, 0.3) is 49.8 Å². The standard InChI is InChI=1S/C46H30N4O2.C20H14N2O.C6H4Br2/c1-3-12-33(13-4-1)47-24-22-31-26-45-41(29-39(31)47)49(37-18-7-9-20-43(37)51-45)35-16-11-17-36(28-35)50-38-19-8-10-21-44(38)52-46-27-32-23-25-48(40(32)30-42(46)50)34-14-5-2-6-15-34;1-2-6-15(7-3-1)22-11-10-14-12-20-17(13-18(14)22)21-16-8-4-5-9-19(16)23-20;7-5-2-1-3-6(8)4-5/h1-30H;1-13,21H;1-4H. The lowest BCUT2D eigenvalue weighted by Crippen LogP contribution is -2.18. The molecule has 0 amide bonds. The predicted octanol–water partition coefficient (Wildman–Crippen LogP) is 21.4. The molecule has 3 aliphatic rings. The van der Waals surface area contributed by atoms with E-state index < -0.39 is 0 Å². The van der Waals surface area contributed by atoms with Gasteiger partial charge in [-0.15, -0.1) is 0 Å². The molecule has 0 saturated carbocycles. The number of rotatable bonds is 5. The van der Waals surface area contributed by atoms with Gasteiger partial charge in [0.1, 0.15) is 0 Å². The van der Waals surface area contributed by atoms with Crippen molar-refractivity contribution in [1.29, 1.82) is 0 Å². The molecule has 3 aromatic heterocycles. The zero-order valence-electron chi connectivity index (χ0n) is 44.4. The van der Waals surface area contributed by atoms with Crippen molar-refractivity contribution in [3.05, 3.63) is 294 Å². The van der Waals surface area contributed by atoms with Crippen LogP contribution in [0.15, 0.2) is 294 Å². The van der Waals surface area contributed by atoms with E-state index in [0.717, 1.165) is 139 Å². The van der Waals surface area contributed by atoms with E-state index in [-0.39, 0.29) is 0 Å². The van der Waals surface area contributed by atoms with Gasteiger partial charge < -0.3 is 43.0 Å². The summed E-state index contributed by atoms with van der Waals surface area (Å²) < 4.78 is 28.1. The molecule has 11 heteroatoms. The Bertz CT molecular complexity index is 4540. The van der Waals surface area contributed by atoms with E-state index in [4.69, 9.17) is 14.2 Å². The number of hydrogen-bond acceptors (Lipinski definition) is 6. The number of aromatic nitrogens is 3. The maximum Gasteiger partial charge on any atom is 0.152 e. The van der Waals surface area contributed by atoms with Crippen LogP contribution in [0, 0.1) is 0 Å². The van der Waals surface area contributed by atoms with Crippen molar-refractivity contribution < 1.29 is 14.2 Å². The molecule has 0 fully saturated rings. The summed E-state index contributed by atoms with van der Waals surface area (Å²) in [4.78, 5) is 4.63. The van der Waals surface area contributed by atoms with Crippen molar-refractivity contribution in [2.75, 3.05) is 15.1 Å². The molecule has 0 aliphatic carbocycles. The van der Waals surface area contributed by atoms with Gasteiger partial charge in [0.15, 0.2) is 34.5 Å². The van der Waals surface area contributed by atoms with E-state index in [1.807, 2.05) is 91.0 Å². The molecule has 398 valence electrons. The minimum atomic E-state index is 0.813. The molecular formula is C72H48Br2N6O3. The monoisotopic (exact) mass is 1200 g/mol. The van der Waals surface area contributed by atoms with Crippen molar-refractivity contribution >= 4 is 110 Å². The summed E-state index contributed by atoms with van der Waals surface area (Å²) in [5, 5.41) is 6.85. The molecule has 0 saturated heterocycles. The Kier molecular flexibility index (Phi) is 12.6. The Morgan fingerprint density at radius 1 is 0.265 bits per heavy atom. The Morgan fingerprint density at radius 3 is 1.12 bits per heavy atom. The fourth-order valence-corrected chi connectivity index (χ4v) is 12.4. The average Bonchev–Trinajstić information content (AvgIpc) is 4.39. The topological polar surface area (TPSA) is 61.0 Å². The Morgan fingerprint density at radius 2 is 0.651 bits per heavy atom. The van der Waals surface area contributed by atoms with Crippen LogP contribution in [0.2, 0.25) is 0 Å². The summed E-state index contributed by atoms with van der Waals surface area (Å²) in [6.45, 7) is 0. The van der Waals surface area contributed by atoms with Gasteiger partial charge in [-0.25, -0.2) is 0 Å². The fourth-order valence-electron chi connectivity index (χ4n) is 11.3. The van der Waals surface area contributed by atoms with Gasteiger partial charge in [0.05, 0.1) is 50.7 Å². The zero-order chi connectivity index (χ0) is 55.4. The lowest BCUT2D eigenvalue weighted by atomic mass is 10.1. The molecule has 1 N–H and O–H groups in total. The lowest BCUT2D eigenvalue weighted by Gasteiger charge is -2.35. The smallest absolute Gasteiger partial charge is 0.152 e. The molecular weight excluding hydrogens is 1160 g/mol. The van der Waals surface area contributed by atoms with Gasteiger partial charge in [0.2, 0.25) is 0 Å². The predicted molar refractivity (Wildman–Crippen MR) is 345 cm³/mol. The first kappa shape index (κ1) is 49.8. The highest BCUT2D eigenvalue weighted by Crippen LogP contribution is 2.55. The maximum absolute atomic E-state index is 6.59. The molecule has 83 heavy (non-hydrogen) atoms. The molecule has 17 rings (SSSR count). The molecule has 9 nitrogen and oxygen atoms in total. The number of benzene rings is 11. The largest absolute Gasteiger partial charge is 0.453 e. The number of nitrogens with zero attached hydrogens (tertiary/aromatic N) is 5. The number of anilines is 8. The summed E-state index contributed by atoms with van der Waals surface area (Å²) in [6.07, 6.45) is 6.35. The second-order valence-corrected chi connectivity index (χ2v) is 22.1. The number of fused-ring (bicyclic) bond motifs is 9. The van der Waals surface area contributed by atoms with Crippen LogP contribution in [-0.2, 0) is 0 Å². The van der Waals surface area contributed by atoms with Crippen molar-refractivity contribution in [2.45, 2.75) is 0 Å².